The summed E-state index contributed by atoms with van der Waals surface area (Å²) in [6.45, 7) is 0. The fraction of sp³-hybridized carbons (Fsp3) is 0.0769. The van der Waals surface area contributed by atoms with Crippen molar-refractivity contribution in [1.29, 1.82) is 0 Å². The fourth-order valence-electron chi connectivity index (χ4n) is 1.51. The van der Waals surface area contributed by atoms with Gasteiger partial charge in [0.15, 0.2) is 0 Å². The van der Waals surface area contributed by atoms with Crippen LogP contribution in [0.4, 0.5) is 15.9 Å². The molecule has 2 rings (SSSR count). The fourth-order valence-corrected chi connectivity index (χ4v) is 1.62. The van der Waals surface area contributed by atoms with Crippen molar-refractivity contribution in [2.45, 2.75) is 0 Å². The molecule has 0 radical (unpaired) electrons. The normalized spacial score (nSPS) is 10.0. The van der Waals surface area contributed by atoms with E-state index in [2.05, 4.69) is 10.3 Å². The number of pyridine rings is 1. The molecular formula is C13H12FN3OS. The first-order valence-corrected chi connectivity index (χ1v) is 5.88. The topological polar surface area (TPSA) is 60.2 Å². The van der Waals surface area contributed by atoms with Gasteiger partial charge in [0.2, 0.25) is 0 Å². The summed E-state index contributed by atoms with van der Waals surface area (Å²) >= 11 is 4.85. The van der Waals surface area contributed by atoms with E-state index in [1.54, 1.807) is 30.3 Å². The molecule has 0 amide bonds. The van der Waals surface area contributed by atoms with E-state index >= 15 is 0 Å². The van der Waals surface area contributed by atoms with E-state index in [-0.39, 0.29) is 10.7 Å². The van der Waals surface area contributed by atoms with Crippen LogP contribution in [0.5, 0.6) is 5.75 Å². The van der Waals surface area contributed by atoms with Crippen molar-refractivity contribution < 1.29 is 9.13 Å². The summed E-state index contributed by atoms with van der Waals surface area (Å²) in [7, 11) is 1.52. The van der Waals surface area contributed by atoms with Gasteiger partial charge in [-0.1, -0.05) is 18.3 Å². The van der Waals surface area contributed by atoms with Crippen LogP contribution in [0.2, 0.25) is 0 Å². The van der Waals surface area contributed by atoms with Crippen LogP contribution >= 0.6 is 12.2 Å². The number of hydrogen-bond donors (Lipinski definition) is 2. The Morgan fingerprint density at radius 3 is 2.84 bits per heavy atom. The van der Waals surface area contributed by atoms with Gasteiger partial charge in [-0.25, -0.2) is 9.37 Å². The number of nitrogens with zero attached hydrogens (tertiary/aromatic N) is 1. The molecule has 6 heteroatoms. The molecule has 0 unspecified atom stereocenters. The van der Waals surface area contributed by atoms with Gasteiger partial charge in [0.05, 0.1) is 18.5 Å². The number of methoxy groups -OCH3 is 1. The van der Waals surface area contributed by atoms with Gasteiger partial charge >= 0.3 is 0 Å². The summed E-state index contributed by atoms with van der Waals surface area (Å²) < 4.78 is 18.7. The Balaban J connectivity index is 2.30. The molecule has 0 aliphatic heterocycles. The number of nitrogens with two attached hydrogens (primary N) is 1. The van der Waals surface area contributed by atoms with Crippen LogP contribution in [0.3, 0.4) is 0 Å². The molecule has 1 heterocycles. The molecule has 0 saturated carbocycles. The van der Waals surface area contributed by atoms with Crippen LogP contribution in [0.25, 0.3) is 0 Å². The average Bonchev–Trinajstić information content (AvgIpc) is 2.41. The second kappa shape index (κ2) is 5.62. The van der Waals surface area contributed by atoms with Gasteiger partial charge in [0.1, 0.15) is 22.4 Å². The maximum atomic E-state index is 13.7. The van der Waals surface area contributed by atoms with Gasteiger partial charge in [-0.3, -0.25) is 0 Å². The zero-order valence-corrected chi connectivity index (χ0v) is 11.0. The van der Waals surface area contributed by atoms with Crippen LogP contribution in [-0.4, -0.2) is 17.1 Å². The van der Waals surface area contributed by atoms with Crippen LogP contribution in [0.15, 0.2) is 36.4 Å². The maximum Gasteiger partial charge on any atom is 0.146 e. The van der Waals surface area contributed by atoms with Gasteiger partial charge in [-0.05, 0) is 24.3 Å². The number of thiocarbonyl (C=S) groups is 1. The first-order chi connectivity index (χ1) is 9.10. The number of nitrogens with one attached hydrogen (secondary N) is 1. The Hall–Kier alpha value is -2.21. The molecule has 0 atom stereocenters. The molecule has 0 bridgehead atoms. The number of ether oxygens (including phenoxy) is 1. The lowest BCUT2D eigenvalue weighted by molar-refractivity contribution is 0.414. The Morgan fingerprint density at radius 2 is 2.16 bits per heavy atom. The van der Waals surface area contributed by atoms with Gasteiger partial charge < -0.3 is 15.8 Å². The Kier molecular flexibility index (Phi) is 3.91. The molecule has 0 aliphatic rings. The van der Waals surface area contributed by atoms with Gasteiger partial charge in [-0.15, -0.1) is 0 Å². The SMILES string of the molecule is COc1ccc(F)c(Nc2cccc(C(N)=S)n2)c1. The summed E-state index contributed by atoms with van der Waals surface area (Å²) in [6, 6.07) is 9.53. The van der Waals surface area contributed by atoms with Crippen LogP contribution in [0, 0.1) is 5.82 Å². The van der Waals surface area contributed by atoms with Crippen molar-refractivity contribution in [3.8, 4) is 5.75 Å². The zero-order valence-electron chi connectivity index (χ0n) is 10.2. The molecule has 2 aromatic rings. The standard InChI is InChI=1S/C13H12FN3OS/c1-18-8-5-6-9(14)11(7-8)17-12-4-2-3-10(16-12)13(15)19/h2-7H,1H3,(H2,15,19)(H,16,17). The largest absolute Gasteiger partial charge is 0.497 e. The molecule has 0 fully saturated rings. The van der Waals surface area contributed by atoms with Crippen molar-refractivity contribution in [2.75, 3.05) is 12.4 Å². The number of hydrogen-bond acceptors (Lipinski definition) is 4. The second-order valence-corrected chi connectivity index (χ2v) is 4.18. The van der Waals surface area contributed by atoms with Crippen molar-refractivity contribution >= 4 is 28.7 Å². The minimum absolute atomic E-state index is 0.190. The number of anilines is 2. The molecule has 4 nitrogen and oxygen atoms in total. The minimum Gasteiger partial charge on any atom is -0.497 e. The van der Waals surface area contributed by atoms with Crippen molar-refractivity contribution in [2.24, 2.45) is 5.73 Å². The number of benzene rings is 1. The summed E-state index contributed by atoms with van der Waals surface area (Å²) in [5.74, 6) is 0.607. The van der Waals surface area contributed by atoms with E-state index in [4.69, 9.17) is 22.7 Å². The third kappa shape index (κ3) is 3.17. The maximum absolute atomic E-state index is 13.7. The van der Waals surface area contributed by atoms with Crippen LogP contribution < -0.4 is 15.8 Å². The Labute approximate surface area is 115 Å². The lowest BCUT2D eigenvalue weighted by Gasteiger charge is -2.09. The smallest absolute Gasteiger partial charge is 0.146 e. The van der Waals surface area contributed by atoms with E-state index in [1.165, 1.54) is 13.2 Å². The van der Waals surface area contributed by atoms with Crippen molar-refractivity contribution in [3.05, 3.63) is 47.9 Å². The van der Waals surface area contributed by atoms with E-state index in [0.29, 0.717) is 17.3 Å². The highest BCUT2D eigenvalue weighted by molar-refractivity contribution is 7.80. The second-order valence-electron chi connectivity index (χ2n) is 3.74. The number of rotatable bonds is 4. The highest BCUT2D eigenvalue weighted by Gasteiger charge is 2.06. The van der Waals surface area contributed by atoms with E-state index < -0.39 is 5.82 Å². The molecule has 0 saturated heterocycles. The third-order valence-electron chi connectivity index (χ3n) is 2.44. The van der Waals surface area contributed by atoms with E-state index in [0.717, 1.165) is 0 Å². The van der Waals surface area contributed by atoms with E-state index in [1.807, 2.05) is 0 Å². The lowest BCUT2D eigenvalue weighted by atomic mass is 10.2. The highest BCUT2D eigenvalue weighted by Crippen LogP contribution is 2.23. The number of aromatic nitrogens is 1. The highest BCUT2D eigenvalue weighted by atomic mass is 32.1. The number of halogens is 1. The van der Waals surface area contributed by atoms with E-state index in [9.17, 15) is 4.39 Å². The summed E-state index contributed by atoms with van der Waals surface area (Å²) in [4.78, 5) is 4.37. The first-order valence-electron chi connectivity index (χ1n) is 5.47. The molecule has 1 aromatic heterocycles. The molecule has 19 heavy (non-hydrogen) atoms. The Morgan fingerprint density at radius 1 is 1.37 bits per heavy atom. The summed E-state index contributed by atoms with van der Waals surface area (Å²) in [5.41, 5.74) is 6.24. The minimum atomic E-state index is -0.400. The molecule has 0 spiro atoms. The average molecular weight is 277 g/mol. The zero-order chi connectivity index (χ0) is 13.8. The molecular weight excluding hydrogens is 265 g/mol. The summed E-state index contributed by atoms with van der Waals surface area (Å²) in [6.07, 6.45) is 0. The van der Waals surface area contributed by atoms with Crippen LogP contribution in [0.1, 0.15) is 5.69 Å². The predicted octanol–water partition coefficient (Wildman–Crippen LogP) is 2.61. The predicted molar refractivity (Wildman–Crippen MR) is 76.4 cm³/mol. The molecule has 0 aliphatic carbocycles. The Bertz CT molecular complexity index is 619. The quantitative estimate of drug-likeness (QED) is 0.841. The monoisotopic (exact) mass is 277 g/mol. The molecule has 98 valence electrons. The molecule has 3 N–H and O–H groups in total. The van der Waals surface area contributed by atoms with Crippen molar-refractivity contribution in [3.63, 3.8) is 0 Å². The summed E-state index contributed by atoms with van der Waals surface area (Å²) in [5, 5.41) is 2.86. The third-order valence-corrected chi connectivity index (χ3v) is 2.65. The van der Waals surface area contributed by atoms with Gasteiger partial charge in [0, 0.05) is 6.07 Å². The lowest BCUT2D eigenvalue weighted by Crippen LogP contribution is -2.12. The van der Waals surface area contributed by atoms with Crippen LogP contribution in [-0.2, 0) is 0 Å². The van der Waals surface area contributed by atoms with Gasteiger partial charge in [-0.2, -0.15) is 0 Å². The van der Waals surface area contributed by atoms with Crippen molar-refractivity contribution in [1.82, 2.24) is 4.98 Å². The van der Waals surface area contributed by atoms with Gasteiger partial charge in [0.25, 0.3) is 0 Å². The first kappa shape index (κ1) is 13.2. The molecule has 1 aromatic carbocycles.